The third-order valence-corrected chi connectivity index (χ3v) is 5.86. The number of β-amino-alcohol motifs (C(OH)–C–C–N with tert-alkyl or cyclic N) is 1. The van der Waals surface area contributed by atoms with Gasteiger partial charge in [0.25, 0.3) is 0 Å². The second-order valence-corrected chi connectivity index (χ2v) is 7.75. The van der Waals surface area contributed by atoms with Gasteiger partial charge in [0, 0.05) is 19.6 Å². The summed E-state index contributed by atoms with van der Waals surface area (Å²) < 4.78 is 67.0. The van der Waals surface area contributed by atoms with Crippen molar-refractivity contribution >= 4 is 9.84 Å². The van der Waals surface area contributed by atoms with E-state index < -0.39 is 33.9 Å². The maximum atomic E-state index is 12.5. The number of hydrogen-bond donors (Lipinski definition) is 1. The van der Waals surface area contributed by atoms with E-state index in [2.05, 4.69) is 0 Å². The van der Waals surface area contributed by atoms with Gasteiger partial charge in [-0.25, -0.2) is 8.42 Å². The van der Waals surface area contributed by atoms with E-state index in [0.29, 0.717) is 11.3 Å². The molecule has 130 valence electrons. The highest BCUT2D eigenvalue weighted by Gasteiger charge is 2.41. The Morgan fingerprint density at radius 1 is 1.43 bits per heavy atom. The predicted molar refractivity (Wildman–Crippen MR) is 78.0 cm³/mol. The van der Waals surface area contributed by atoms with Crippen LogP contribution in [0.25, 0.3) is 0 Å². The number of aliphatic hydroxyl groups is 1. The molecule has 0 aromatic heterocycles. The van der Waals surface area contributed by atoms with E-state index in [1.807, 2.05) is 0 Å². The van der Waals surface area contributed by atoms with Crippen molar-refractivity contribution in [1.82, 2.24) is 4.90 Å². The van der Waals surface area contributed by atoms with Gasteiger partial charge in [-0.15, -0.1) is 0 Å². The van der Waals surface area contributed by atoms with E-state index in [0.717, 1.165) is 0 Å². The van der Waals surface area contributed by atoms with Crippen LogP contribution in [0, 0.1) is 0 Å². The van der Waals surface area contributed by atoms with E-state index in [4.69, 9.17) is 4.74 Å². The highest BCUT2D eigenvalue weighted by molar-refractivity contribution is 7.91. The summed E-state index contributed by atoms with van der Waals surface area (Å²) in [6.45, 7) is -0.766. The van der Waals surface area contributed by atoms with Crippen molar-refractivity contribution in [3.05, 3.63) is 29.8 Å². The second-order valence-electron chi connectivity index (χ2n) is 5.45. The Kier molecular flexibility index (Phi) is 5.22. The largest absolute Gasteiger partial charge is 0.497 e. The molecule has 9 heteroatoms. The molecule has 2 rings (SSSR count). The number of sulfone groups is 1. The zero-order chi connectivity index (χ0) is 17.3. The van der Waals surface area contributed by atoms with Crippen molar-refractivity contribution in [1.29, 1.82) is 0 Å². The SMILES string of the molecule is COc1cccc(C2CN(C[C@H](O)C(F)(F)F)CCS2(=O)=O)c1. The first-order valence-electron chi connectivity index (χ1n) is 6.96. The minimum atomic E-state index is -4.72. The van der Waals surface area contributed by atoms with Crippen molar-refractivity contribution in [3.8, 4) is 5.75 Å². The van der Waals surface area contributed by atoms with Crippen molar-refractivity contribution in [2.24, 2.45) is 0 Å². The zero-order valence-corrected chi connectivity index (χ0v) is 13.3. The molecule has 1 N–H and O–H groups in total. The van der Waals surface area contributed by atoms with Gasteiger partial charge < -0.3 is 9.84 Å². The van der Waals surface area contributed by atoms with Gasteiger partial charge in [0.05, 0.1) is 18.1 Å². The Hall–Kier alpha value is -1.32. The summed E-state index contributed by atoms with van der Waals surface area (Å²) in [7, 11) is -2.02. The number of ether oxygens (including phenoxy) is 1. The Morgan fingerprint density at radius 3 is 2.74 bits per heavy atom. The van der Waals surface area contributed by atoms with E-state index in [9.17, 15) is 26.7 Å². The number of rotatable bonds is 4. The molecule has 0 radical (unpaired) electrons. The number of methoxy groups -OCH3 is 1. The monoisotopic (exact) mass is 353 g/mol. The van der Waals surface area contributed by atoms with Crippen molar-refractivity contribution in [2.75, 3.05) is 32.5 Å². The normalized spacial score (nSPS) is 23.4. The molecule has 5 nitrogen and oxygen atoms in total. The van der Waals surface area contributed by atoms with Crippen LogP contribution in [0.5, 0.6) is 5.75 Å². The van der Waals surface area contributed by atoms with Gasteiger partial charge in [-0.3, -0.25) is 4.90 Å². The van der Waals surface area contributed by atoms with Gasteiger partial charge in [-0.1, -0.05) is 12.1 Å². The Labute approximate surface area is 132 Å². The fraction of sp³-hybridized carbons (Fsp3) is 0.571. The van der Waals surface area contributed by atoms with Gasteiger partial charge in [-0.2, -0.15) is 13.2 Å². The van der Waals surface area contributed by atoms with Crippen LogP contribution in [0.3, 0.4) is 0 Å². The lowest BCUT2D eigenvalue weighted by atomic mass is 10.1. The number of hydrogen-bond acceptors (Lipinski definition) is 5. The number of aliphatic hydroxyl groups excluding tert-OH is 1. The predicted octanol–water partition coefficient (Wildman–Crippen LogP) is 1.39. The molecule has 1 aliphatic heterocycles. The second kappa shape index (κ2) is 6.66. The van der Waals surface area contributed by atoms with Gasteiger partial charge >= 0.3 is 6.18 Å². The van der Waals surface area contributed by atoms with Crippen molar-refractivity contribution in [2.45, 2.75) is 17.5 Å². The minimum absolute atomic E-state index is 0.0318. The minimum Gasteiger partial charge on any atom is -0.497 e. The first-order chi connectivity index (χ1) is 10.6. The summed E-state index contributed by atoms with van der Waals surface area (Å²) >= 11 is 0. The lowest BCUT2D eigenvalue weighted by molar-refractivity contribution is -0.208. The third kappa shape index (κ3) is 4.36. The molecule has 1 aromatic rings. The molecular formula is C14H18F3NO4S. The summed E-state index contributed by atoms with van der Waals surface area (Å²) in [6, 6.07) is 6.46. The molecule has 1 heterocycles. The average Bonchev–Trinajstić information content (AvgIpc) is 2.48. The fourth-order valence-corrected chi connectivity index (χ4v) is 4.30. The third-order valence-electron chi connectivity index (χ3n) is 3.82. The molecule has 0 spiro atoms. The first-order valence-corrected chi connectivity index (χ1v) is 8.67. The lowest BCUT2D eigenvalue weighted by Crippen LogP contribution is -2.48. The highest BCUT2D eigenvalue weighted by Crippen LogP contribution is 2.31. The number of alkyl halides is 3. The van der Waals surface area contributed by atoms with Crippen molar-refractivity contribution < 1.29 is 31.4 Å². The van der Waals surface area contributed by atoms with Crippen LogP contribution < -0.4 is 4.74 Å². The fourth-order valence-electron chi connectivity index (χ4n) is 2.51. The van der Waals surface area contributed by atoms with Crippen LogP contribution in [-0.2, 0) is 9.84 Å². The molecule has 2 atom stereocenters. The average molecular weight is 353 g/mol. The zero-order valence-electron chi connectivity index (χ0n) is 12.5. The van der Waals surface area contributed by atoms with Crippen LogP contribution in [-0.4, -0.2) is 63.2 Å². The van der Waals surface area contributed by atoms with Crippen LogP contribution in [0.2, 0.25) is 0 Å². The molecular weight excluding hydrogens is 335 g/mol. The van der Waals surface area contributed by atoms with E-state index in [1.165, 1.54) is 12.0 Å². The Bertz CT molecular complexity index is 648. The maximum absolute atomic E-state index is 12.5. The van der Waals surface area contributed by atoms with Gasteiger partial charge in [0.2, 0.25) is 0 Å². The number of benzene rings is 1. The number of nitrogens with zero attached hydrogens (tertiary/aromatic N) is 1. The standard InChI is InChI=1S/C14H18F3NO4S/c1-22-11-4-2-3-10(7-11)12-8-18(5-6-23(12,20)21)9-13(19)14(15,16)17/h2-4,7,12-13,19H,5-6,8-9H2,1H3/t12?,13-/m0/s1. The topological polar surface area (TPSA) is 66.8 Å². The lowest BCUT2D eigenvalue weighted by Gasteiger charge is -2.34. The van der Waals surface area contributed by atoms with Gasteiger partial charge in [0.1, 0.15) is 5.75 Å². The summed E-state index contributed by atoms with van der Waals surface area (Å²) in [4.78, 5) is 1.32. The Morgan fingerprint density at radius 2 is 2.13 bits per heavy atom. The van der Waals surface area contributed by atoms with Crippen LogP contribution >= 0.6 is 0 Å². The van der Waals surface area contributed by atoms with E-state index in [1.54, 1.807) is 24.3 Å². The molecule has 23 heavy (non-hydrogen) atoms. The molecule has 1 fully saturated rings. The van der Waals surface area contributed by atoms with E-state index >= 15 is 0 Å². The molecule has 0 bridgehead atoms. The van der Waals surface area contributed by atoms with Crippen molar-refractivity contribution in [3.63, 3.8) is 0 Å². The van der Waals surface area contributed by atoms with Crippen LogP contribution in [0.1, 0.15) is 10.8 Å². The molecule has 0 aliphatic carbocycles. The molecule has 1 unspecified atom stereocenters. The highest BCUT2D eigenvalue weighted by atomic mass is 32.2. The van der Waals surface area contributed by atoms with Gasteiger partial charge in [0.15, 0.2) is 15.9 Å². The molecule has 1 saturated heterocycles. The van der Waals surface area contributed by atoms with Crippen LogP contribution in [0.15, 0.2) is 24.3 Å². The number of halogens is 3. The van der Waals surface area contributed by atoms with E-state index in [-0.39, 0.29) is 18.8 Å². The smallest absolute Gasteiger partial charge is 0.415 e. The quantitative estimate of drug-likeness (QED) is 0.886. The molecule has 0 amide bonds. The molecule has 1 aliphatic rings. The summed E-state index contributed by atoms with van der Waals surface area (Å²) in [5.74, 6) is 0.226. The maximum Gasteiger partial charge on any atom is 0.415 e. The molecule has 0 saturated carbocycles. The van der Waals surface area contributed by atoms with Crippen LogP contribution in [0.4, 0.5) is 13.2 Å². The Balaban J connectivity index is 2.19. The summed E-state index contributed by atoms with van der Waals surface area (Å²) in [5, 5.41) is 8.23. The summed E-state index contributed by atoms with van der Waals surface area (Å²) in [5.41, 5.74) is 0.468. The van der Waals surface area contributed by atoms with Gasteiger partial charge in [-0.05, 0) is 17.7 Å². The molecule has 1 aromatic carbocycles. The first kappa shape index (κ1) is 18.0. The summed E-state index contributed by atoms with van der Waals surface area (Å²) in [6.07, 6.45) is -7.21.